The second-order valence-electron chi connectivity index (χ2n) is 3.94. The van der Waals surface area contributed by atoms with E-state index in [1.807, 2.05) is 0 Å². The maximum absolute atomic E-state index is 3.41. The van der Waals surface area contributed by atoms with Gasteiger partial charge in [-0.1, -0.05) is 32.1 Å². The van der Waals surface area contributed by atoms with E-state index >= 15 is 0 Å². The van der Waals surface area contributed by atoms with Crippen LogP contribution in [0.1, 0.15) is 26.7 Å². The molecule has 0 amide bonds. The molecule has 0 aliphatic heterocycles. The molecule has 1 aliphatic rings. The van der Waals surface area contributed by atoms with E-state index in [-0.39, 0.29) is 0 Å². The van der Waals surface area contributed by atoms with Crippen LogP contribution in [-0.2, 0) is 0 Å². The van der Waals surface area contributed by atoms with Gasteiger partial charge in [0.2, 0.25) is 0 Å². The van der Waals surface area contributed by atoms with Gasteiger partial charge in [0.05, 0.1) is 3.39 Å². The topological polar surface area (TPSA) is 0 Å². The smallest absolute Gasteiger partial charge is 0.0570 e. The summed E-state index contributed by atoms with van der Waals surface area (Å²) in [6.07, 6.45) is 9.28. The van der Waals surface area contributed by atoms with Gasteiger partial charge in [0, 0.05) is 5.92 Å². The third kappa shape index (κ3) is 2.74. The lowest BCUT2D eigenvalue weighted by Crippen LogP contribution is -2.23. The summed E-state index contributed by atoms with van der Waals surface area (Å²) in [5, 5.41) is 0. The lowest BCUT2D eigenvalue weighted by Gasteiger charge is -2.33. The van der Waals surface area contributed by atoms with Crippen molar-refractivity contribution in [1.82, 2.24) is 0 Å². The predicted octanol–water partition coefficient (Wildman–Crippen LogP) is 4.61. The number of halogens is 2. The Balaban J connectivity index is 2.79. The lowest BCUT2D eigenvalue weighted by molar-refractivity contribution is 0.268. The third-order valence-electron chi connectivity index (χ3n) is 2.51. The predicted molar refractivity (Wildman–Crippen MR) is 61.6 cm³/mol. The largest absolute Gasteiger partial charge is 0.0879 e. The minimum Gasteiger partial charge on any atom is -0.0879 e. The highest BCUT2D eigenvalue weighted by Gasteiger charge is 2.27. The van der Waals surface area contributed by atoms with Crippen LogP contribution in [0.2, 0.25) is 0 Å². The first kappa shape index (κ1) is 10.5. The van der Waals surface area contributed by atoms with E-state index < -0.39 is 0 Å². The van der Waals surface area contributed by atoms with Gasteiger partial charge in [-0.05, 0) is 50.1 Å². The summed E-state index contributed by atoms with van der Waals surface area (Å²) in [4.78, 5) is 0. The molecule has 1 aliphatic carbocycles. The fraction of sp³-hybridized carbons (Fsp3) is 0.600. The molecular formula is C10H14Br2. The zero-order valence-corrected chi connectivity index (χ0v) is 10.7. The minimum absolute atomic E-state index is 0.404. The van der Waals surface area contributed by atoms with Crippen LogP contribution in [0.3, 0.4) is 0 Å². The van der Waals surface area contributed by atoms with Crippen molar-refractivity contribution in [2.45, 2.75) is 26.7 Å². The molecule has 0 spiro atoms. The summed E-state index contributed by atoms with van der Waals surface area (Å²) in [7, 11) is 0. The van der Waals surface area contributed by atoms with E-state index in [0.29, 0.717) is 11.3 Å². The first-order valence-corrected chi connectivity index (χ1v) is 5.80. The van der Waals surface area contributed by atoms with E-state index in [0.717, 1.165) is 3.39 Å². The Hall–Kier alpha value is 0.440. The molecule has 0 aromatic carbocycles. The summed E-state index contributed by atoms with van der Waals surface area (Å²) in [6, 6.07) is 0. The van der Waals surface area contributed by atoms with Gasteiger partial charge in [-0.3, -0.25) is 0 Å². The third-order valence-corrected chi connectivity index (χ3v) is 3.04. The molecule has 0 nitrogen and oxygen atoms in total. The zero-order chi connectivity index (χ0) is 9.19. The van der Waals surface area contributed by atoms with Crippen LogP contribution in [0, 0.1) is 11.3 Å². The molecule has 1 atom stereocenters. The summed E-state index contributed by atoms with van der Waals surface area (Å²) < 4.78 is 1.06. The van der Waals surface area contributed by atoms with Gasteiger partial charge in [-0.2, -0.15) is 0 Å². The Labute approximate surface area is 91.4 Å². The Bertz CT molecular complexity index is 210. The minimum atomic E-state index is 0.404. The molecular weight excluding hydrogens is 280 g/mol. The van der Waals surface area contributed by atoms with Crippen molar-refractivity contribution in [2.75, 3.05) is 0 Å². The average Bonchev–Trinajstić information content (AvgIpc) is 1.92. The quantitative estimate of drug-likeness (QED) is 0.619. The molecule has 0 N–H and O–H groups in total. The molecule has 0 bridgehead atoms. The van der Waals surface area contributed by atoms with Gasteiger partial charge >= 0.3 is 0 Å². The molecule has 0 aromatic heterocycles. The molecule has 0 heterocycles. The summed E-state index contributed by atoms with van der Waals surface area (Å²) in [5.41, 5.74) is 0.404. The summed E-state index contributed by atoms with van der Waals surface area (Å²) >= 11 is 6.81. The highest BCUT2D eigenvalue weighted by molar-refractivity contribution is 9.28. The second kappa shape index (κ2) is 4.10. The molecule has 1 rings (SSSR count). The van der Waals surface area contributed by atoms with Crippen LogP contribution in [0.4, 0.5) is 0 Å². The monoisotopic (exact) mass is 292 g/mol. The number of rotatable bonds is 1. The van der Waals surface area contributed by atoms with Crippen LogP contribution >= 0.6 is 31.9 Å². The molecule has 0 unspecified atom stereocenters. The van der Waals surface area contributed by atoms with Gasteiger partial charge in [0.25, 0.3) is 0 Å². The Morgan fingerprint density at radius 1 is 1.50 bits per heavy atom. The summed E-state index contributed by atoms with van der Waals surface area (Å²) in [5.74, 6) is 0.556. The van der Waals surface area contributed by atoms with Crippen molar-refractivity contribution in [3.63, 3.8) is 0 Å². The van der Waals surface area contributed by atoms with Gasteiger partial charge < -0.3 is 0 Å². The van der Waals surface area contributed by atoms with Crippen molar-refractivity contribution in [3.05, 3.63) is 21.6 Å². The molecule has 0 fully saturated rings. The van der Waals surface area contributed by atoms with Gasteiger partial charge in [-0.15, -0.1) is 0 Å². The Morgan fingerprint density at radius 2 is 2.17 bits per heavy atom. The molecule has 0 aromatic rings. The zero-order valence-electron chi connectivity index (χ0n) is 7.48. The van der Waals surface area contributed by atoms with Crippen molar-refractivity contribution in [1.29, 1.82) is 0 Å². The van der Waals surface area contributed by atoms with Crippen molar-refractivity contribution < 1.29 is 0 Å². The Morgan fingerprint density at radius 3 is 2.67 bits per heavy atom. The maximum Gasteiger partial charge on any atom is 0.0570 e. The van der Waals surface area contributed by atoms with Crippen LogP contribution < -0.4 is 0 Å². The van der Waals surface area contributed by atoms with E-state index in [1.165, 1.54) is 12.8 Å². The molecule has 0 saturated heterocycles. The standard InChI is InChI=1S/C10H14Br2/c1-10(2)6-4-3-5-8(10)7-9(11)12/h3,5,7-8H,4,6H2,1-2H3/t8-/m1/s1. The molecule has 68 valence electrons. The maximum atomic E-state index is 3.41. The van der Waals surface area contributed by atoms with Gasteiger partial charge in [0.1, 0.15) is 0 Å². The number of hydrogen-bond acceptors (Lipinski definition) is 0. The number of hydrogen-bond donors (Lipinski definition) is 0. The van der Waals surface area contributed by atoms with Gasteiger partial charge in [-0.25, -0.2) is 0 Å². The SMILES string of the molecule is CC1(C)CCC=C[C@@H]1C=C(Br)Br. The fourth-order valence-electron chi connectivity index (χ4n) is 1.54. The summed E-state index contributed by atoms with van der Waals surface area (Å²) in [6.45, 7) is 4.64. The first-order valence-electron chi connectivity index (χ1n) is 4.22. The van der Waals surface area contributed by atoms with E-state index in [4.69, 9.17) is 0 Å². The van der Waals surface area contributed by atoms with Gasteiger partial charge in [0.15, 0.2) is 0 Å². The molecule has 2 heteroatoms. The molecule has 12 heavy (non-hydrogen) atoms. The van der Waals surface area contributed by atoms with E-state index in [2.05, 4.69) is 63.9 Å². The van der Waals surface area contributed by atoms with E-state index in [1.54, 1.807) is 0 Å². The average molecular weight is 294 g/mol. The second-order valence-corrected chi connectivity index (χ2v) is 6.71. The first-order chi connectivity index (χ1) is 5.52. The molecule has 0 radical (unpaired) electrons. The van der Waals surface area contributed by atoms with E-state index in [9.17, 15) is 0 Å². The fourth-order valence-corrected chi connectivity index (χ4v) is 2.11. The van der Waals surface area contributed by atoms with Crippen LogP contribution in [-0.4, -0.2) is 0 Å². The Kier molecular flexibility index (Phi) is 3.59. The van der Waals surface area contributed by atoms with Crippen molar-refractivity contribution >= 4 is 31.9 Å². The highest BCUT2D eigenvalue weighted by Crippen LogP contribution is 2.39. The highest BCUT2D eigenvalue weighted by atomic mass is 79.9. The molecule has 0 saturated carbocycles. The van der Waals surface area contributed by atoms with Crippen molar-refractivity contribution in [3.8, 4) is 0 Å². The normalized spacial score (nSPS) is 26.8. The van der Waals surface area contributed by atoms with Crippen LogP contribution in [0.25, 0.3) is 0 Å². The lowest BCUT2D eigenvalue weighted by atomic mass is 9.72. The van der Waals surface area contributed by atoms with Crippen molar-refractivity contribution in [2.24, 2.45) is 11.3 Å². The van der Waals surface area contributed by atoms with Crippen LogP contribution in [0.15, 0.2) is 21.6 Å². The number of allylic oxidation sites excluding steroid dienone is 3. The van der Waals surface area contributed by atoms with Crippen LogP contribution in [0.5, 0.6) is 0 Å².